The molecule has 1 aromatic carbocycles. The second-order valence-corrected chi connectivity index (χ2v) is 7.26. The fraction of sp³-hybridized carbons (Fsp3) is 0.684. The lowest BCUT2D eigenvalue weighted by Crippen LogP contribution is -2.33. The van der Waals surface area contributed by atoms with Crippen molar-refractivity contribution in [2.45, 2.75) is 58.5 Å². The standard InChI is InChI=1S/C19H29BrO/c1-2-3-7-17-10-12-19(15-20,13-11-17)16-21-14-18-8-5-4-6-9-18/h4-6,8-9,17H,2-3,7,10-16H2,1H3. The van der Waals surface area contributed by atoms with Crippen molar-refractivity contribution in [2.75, 3.05) is 11.9 Å². The van der Waals surface area contributed by atoms with Gasteiger partial charge in [0.25, 0.3) is 0 Å². The average molecular weight is 353 g/mol. The van der Waals surface area contributed by atoms with Gasteiger partial charge in [0, 0.05) is 10.7 Å². The molecule has 0 aromatic heterocycles. The number of halogens is 1. The minimum absolute atomic E-state index is 0.373. The SMILES string of the molecule is CCCCC1CCC(CBr)(COCc2ccccc2)CC1. The molecule has 21 heavy (non-hydrogen) atoms. The molecule has 1 aliphatic carbocycles. The normalized spacial score (nSPS) is 25.9. The molecular weight excluding hydrogens is 324 g/mol. The maximum atomic E-state index is 6.04. The second kappa shape index (κ2) is 8.95. The smallest absolute Gasteiger partial charge is 0.0717 e. The molecule has 1 nitrogen and oxygen atoms in total. The molecule has 1 saturated carbocycles. The van der Waals surface area contributed by atoms with E-state index in [1.54, 1.807) is 0 Å². The lowest BCUT2D eigenvalue weighted by Gasteiger charge is -2.39. The van der Waals surface area contributed by atoms with Gasteiger partial charge >= 0.3 is 0 Å². The van der Waals surface area contributed by atoms with Crippen LogP contribution < -0.4 is 0 Å². The van der Waals surface area contributed by atoms with E-state index in [1.807, 2.05) is 0 Å². The van der Waals surface area contributed by atoms with E-state index in [1.165, 1.54) is 50.5 Å². The highest BCUT2D eigenvalue weighted by molar-refractivity contribution is 9.09. The molecule has 1 aliphatic rings. The van der Waals surface area contributed by atoms with E-state index in [4.69, 9.17) is 4.74 Å². The summed E-state index contributed by atoms with van der Waals surface area (Å²) in [6.07, 6.45) is 9.58. The van der Waals surface area contributed by atoms with E-state index in [-0.39, 0.29) is 0 Å². The topological polar surface area (TPSA) is 9.23 Å². The first kappa shape index (κ1) is 17.0. The van der Waals surface area contributed by atoms with Crippen LogP contribution in [0.2, 0.25) is 0 Å². The van der Waals surface area contributed by atoms with E-state index < -0.39 is 0 Å². The zero-order valence-corrected chi connectivity index (χ0v) is 14.9. The predicted molar refractivity (Wildman–Crippen MR) is 93.8 cm³/mol. The Balaban J connectivity index is 1.75. The minimum Gasteiger partial charge on any atom is -0.376 e. The number of ether oxygens (including phenoxy) is 1. The molecule has 2 rings (SSSR count). The highest BCUT2D eigenvalue weighted by atomic mass is 79.9. The van der Waals surface area contributed by atoms with Crippen LogP contribution in [0.5, 0.6) is 0 Å². The van der Waals surface area contributed by atoms with Crippen molar-refractivity contribution < 1.29 is 4.74 Å². The molecular formula is C19H29BrO. The summed E-state index contributed by atoms with van der Waals surface area (Å²) in [7, 11) is 0. The second-order valence-electron chi connectivity index (χ2n) is 6.70. The van der Waals surface area contributed by atoms with Gasteiger partial charge < -0.3 is 4.74 Å². The van der Waals surface area contributed by atoms with Crippen LogP contribution in [0.1, 0.15) is 57.4 Å². The quantitative estimate of drug-likeness (QED) is 0.524. The van der Waals surface area contributed by atoms with E-state index in [0.717, 1.165) is 24.5 Å². The summed E-state index contributed by atoms with van der Waals surface area (Å²) in [6, 6.07) is 10.5. The number of hydrogen-bond donors (Lipinski definition) is 0. The van der Waals surface area contributed by atoms with Crippen molar-refractivity contribution in [3.63, 3.8) is 0 Å². The van der Waals surface area contributed by atoms with Gasteiger partial charge in [-0.15, -0.1) is 0 Å². The molecule has 118 valence electrons. The lowest BCUT2D eigenvalue weighted by molar-refractivity contribution is 0.0159. The number of rotatable bonds is 8. The van der Waals surface area contributed by atoms with Gasteiger partial charge in [0.2, 0.25) is 0 Å². The fourth-order valence-corrected chi connectivity index (χ4v) is 4.07. The fourth-order valence-electron chi connectivity index (χ4n) is 3.35. The molecule has 0 unspecified atom stereocenters. The first-order chi connectivity index (χ1) is 10.3. The van der Waals surface area contributed by atoms with E-state index in [2.05, 4.69) is 53.2 Å². The van der Waals surface area contributed by atoms with Crippen molar-refractivity contribution >= 4 is 15.9 Å². The first-order valence-corrected chi connectivity index (χ1v) is 9.58. The highest BCUT2D eigenvalue weighted by Gasteiger charge is 2.34. The Hall–Kier alpha value is -0.340. The van der Waals surface area contributed by atoms with Crippen molar-refractivity contribution in [1.29, 1.82) is 0 Å². The van der Waals surface area contributed by atoms with Gasteiger partial charge in [0.05, 0.1) is 13.2 Å². The Morgan fingerprint density at radius 1 is 1.19 bits per heavy atom. The summed E-state index contributed by atoms with van der Waals surface area (Å²) in [5, 5.41) is 1.08. The molecule has 0 N–H and O–H groups in total. The third-order valence-electron chi connectivity index (χ3n) is 4.94. The van der Waals surface area contributed by atoms with Crippen LogP contribution in [0, 0.1) is 11.3 Å². The average Bonchev–Trinajstić information content (AvgIpc) is 2.55. The number of benzene rings is 1. The molecule has 2 heteroatoms. The Labute approximate surface area is 138 Å². The van der Waals surface area contributed by atoms with Gasteiger partial charge in [-0.1, -0.05) is 72.4 Å². The molecule has 0 bridgehead atoms. The van der Waals surface area contributed by atoms with Gasteiger partial charge in [-0.3, -0.25) is 0 Å². The van der Waals surface area contributed by atoms with Gasteiger partial charge in [-0.05, 0) is 37.2 Å². The van der Waals surface area contributed by atoms with Crippen LogP contribution in [0.25, 0.3) is 0 Å². The summed E-state index contributed by atoms with van der Waals surface area (Å²) < 4.78 is 6.04. The van der Waals surface area contributed by atoms with Gasteiger partial charge in [0.15, 0.2) is 0 Å². The molecule has 0 atom stereocenters. The van der Waals surface area contributed by atoms with E-state index in [0.29, 0.717) is 5.41 Å². The summed E-state index contributed by atoms with van der Waals surface area (Å²) in [4.78, 5) is 0. The zero-order valence-electron chi connectivity index (χ0n) is 13.3. The Bertz CT molecular complexity index is 382. The summed E-state index contributed by atoms with van der Waals surface area (Å²) in [5.74, 6) is 0.964. The molecule has 0 radical (unpaired) electrons. The highest BCUT2D eigenvalue weighted by Crippen LogP contribution is 2.42. The molecule has 0 heterocycles. The largest absolute Gasteiger partial charge is 0.376 e. The summed E-state index contributed by atoms with van der Waals surface area (Å²) in [5.41, 5.74) is 1.65. The third kappa shape index (κ3) is 5.41. The van der Waals surface area contributed by atoms with Gasteiger partial charge in [-0.25, -0.2) is 0 Å². The van der Waals surface area contributed by atoms with E-state index >= 15 is 0 Å². The number of unbranched alkanes of at least 4 members (excludes halogenated alkanes) is 1. The lowest BCUT2D eigenvalue weighted by atomic mass is 9.71. The van der Waals surface area contributed by atoms with Crippen LogP contribution >= 0.6 is 15.9 Å². The summed E-state index contributed by atoms with van der Waals surface area (Å²) >= 11 is 3.75. The van der Waals surface area contributed by atoms with Gasteiger partial charge in [-0.2, -0.15) is 0 Å². The van der Waals surface area contributed by atoms with Crippen LogP contribution in [-0.4, -0.2) is 11.9 Å². The molecule has 0 amide bonds. The monoisotopic (exact) mass is 352 g/mol. The summed E-state index contributed by atoms with van der Waals surface area (Å²) in [6.45, 7) is 3.94. The van der Waals surface area contributed by atoms with Gasteiger partial charge in [0.1, 0.15) is 0 Å². The minimum atomic E-state index is 0.373. The molecule has 0 saturated heterocycles. The maximum Gasteiger partial charge on any atom is 0.0717 e. The van der Waals surface area contributed by atoms with Crippen LogP contribution in [0.3, 0.4) is 0 Å². The van der Waals surface area contributed by atoms with Crippen LogP contribution in [0.4, 0.5) is 0 Å². The zero-order chi connectivity index (χ0) is 15.0. The van der Waals surface area contributed by atoms with Crippen LogP contribution in [0.15, 0.2) is 30.3 Å². The van der Waals surface area contributed by atoms with Crippen LogP contribution in [-0.2, 0) is 11.3 Å². The third-order valence-corrected chi connectivity index (χ3v) is 6.12. The Morgan fingerprint density at radius 3 is 2.52 bits per heavy atom. The van der Waals surface area contributed by atoms with Crippen molar-refractivity contribution in [1.82, 2.24) is 0 Å². The predicted octanol–water partition coefficient (Wildman–Crippen LogP) is 5.96. The maximum absolute atomic E-state index is 6.04. The number of hydrogen-bond acceptors (Lipinski definition) is 1. The van der Waals surface area contributed by atoms with Crippen molar-refractivity contribution in [3.8, 4) is 0 Å². The van der Waals surface area contributed by atoms with E-state index in [9.17, 15) is 0 Å². The molecule has 0 aliphatic heterocycles. The molecule has 0 spiro atoms. The molecule has 1 aromatic rings. The van der Waals surface area contributed by atoms with Crippen molar-refractivity contribution in [2.24, 2.45) is 11.3 Å². The Kier molecular flexibility index (Phi) is 7.25. The Morgan fingerprint density at radius 2 is 1.90 bits per heavy atom. The molecule has 1 fully saturated rings. The van der Waals surface area contributed by atoms with Crippen molar-refractivity contribution in [3.05, 3.63) is 35.9 Å². The first-order valence-electron chi connectivity index (χ1n) is 8.45. The number of alkyl halides is 1.